The largest absolute Gasteiger partial charge is 0.460 e. The molecular weight excluding hydrogens is 442 g/mol. The van der Waals surface area contributed by atoms with Gasteiger partial charge < -0.3 is 24.0 Å². The Bertz CT molecular complexity index is 755. The van der Waals surface area contributed by atoms with E-state index >= 15 is 0 Å². The molecule has 0 aliphatic carbocycles. The van der Waals surface area contributed by atoms with Crippen LogP contribution < -0.4 is 5.32 Å². The summed E-state index contributed by atoms with van der Waals surface area (Å²) in [5.74, 6) is 4.69. The van der Waals surface area contributed by atoms with E-state index in [1.807, 2.05) is 0 Å². The van der Waals surface area contributed by atoms with E-state index in [2.05, 4.69) is 69.3 Å². The second kappa shape index (κ2) is 14.2. The molecule has 0 radical (unpaired) electrons. The van der Waals surface area contributed by atoms with Crippen LogP contribution >= 0.6 is 0 Å². The van der Waals surface area contributed by atoms with Gasteiger partial charge in [0.2, 0.25) is 0 Å². The highest BCUT2D eigenvalue weighted by molar-refractivity contribution is 6.88. The summed E-state index contributed by atoms with van der Waals surface area (Å²) in [5.41, 5.74) is 3.56. The Morgan fingerprint density at radius 3 is 2.34 bits per heavy atom. The predicted octanol–water partition coefficient (Wildman–Crippen LogP) is 4.15. The normalized spacial score (nSPS) is 11.6. The number of rotatable bonds is 14. The van der Waals surface area contributed by atoms with Gasteiger partial charge in [0.15, 0.2) is 16.4 Å². The molecular formula is C23H43NO6Si2. The summed E-state index contributed by atoms with van der Waals surface area (Å²) < 4.78 is 22.0. The van der Waals surface area contributed by atoms with E-state index in [0.717, 1.165) is 12.5 Å². The second-order valence-electron chi connectivity index (χ2n) is 9.09. The van der Waals surface area contributed by atoms with Crippen molar-refractivity contribution in [2.24, 2.45) is 0 Å². The number of nitrogens with one attached hydrogen (secondary N) is 1. The van der Waals surface area contributed by atoms with Crippen LogP contribution in [0.1, 0.15) is 30.0 Å². The van der Waals surface area contributed by atoms with Gasteiger partial charge in [-0.3, -0.25) is 0 Å². The smallest absolute Gasteiger partial charge is 0.407 e. The van der Waals surface area contributed by atoms with Gasteiger partial charge in [0, 0.05) is 15.0 Å². The highest BCUT2D eigenvalue weighted by Gasteiger charge is 2.43. The zero-order valence-electron chi connectivity index (χ0n) is 20.7. The first-order valence-electron chi connectivity index (χ1n) is 10.7. The van der Waals surface area contributed by atoms with Gasteiger partial charge in [0.05, 0.1) is 18.4 Å². The van der Waals surface area contributed by atoms with E-state index < -0.39 is 28.5 Å². The van der Waals surface area contributed by atoms with Gasteiger partial charge in [-0.1, -0.05) is 19.7 Å². The van der Waals surface area contributed by atoms with Crippen LogP contribution in [0.4, 0.5) is 4.79 Å². The molecule has 184 valence electrons. The van der Waals surface area contributed by atoms with Crippen molar-refractivity contribution in [3.63, 3.8) is 0 Å². The summed E-state index contributed by atoms with van der Waals surface area (Å²) in [5, 5.41) is 2.20. The summed E-state index contributed by atoms with van der Waals surface area (Å²) in [4.78, 5) is 22.7. The predicted molar refractivity (Wildman–Crippen MR) is 136 cm³/mol. The SMILES string of the molecule is C#CC#C[Si](C)(C)C(C)(C)O[Si](C)(C)CCCOCCOC(=O)NCCOC(=O)C(=C)C.[HH].[HH]. The lowest BCUT2D eigenvalue weighted by molar-refractivity contribution is -0.138. The number of carbonyl (C=O) groups is 2. The molecule has 0 spiro atoms. The van der Waals surface area contributed by atoms with Gasteiger partial charge in [0.25, 0.3) is 0 Å². The standard InChI is InChI=1S/C23H39NO6Si2.2H2/c1-10-11-18-31(6,7)23(4,5)30-32(8,9)19-12-14-27-16-17-29-22(26)24-13-15-28-21(25)20(2)3;;/h1H,2,12-17,19H2,3-9H3,(H,24,26);2*1H. The molecule has 7 nitrogen and oxygen atoms in total. The van der Waals surface area contributed by atoms with Crippen LogP contribution in [0.3, 0.4) is 0 Å². The molecule has 0 saturated carbocycles. The minimum Gasteiger partial charge on any atom is -0.460 e. The Morgan fingerprint density at radius 1 is 1.09 bits per heavy atom. The Kier molecular flexibility index (Phi) is 13.3. The molecule has 32 heavy (non-hydrogen) atoms. The number of esters is 1. The Labute approximate surface area is 198 Å². The maximum Gasteiger partial charge on any atom is 0.407 e. The highest BCUT2D eigenvalue weighted by Crippen LogP contribution is 2.29. The summed E-state index contributed by atoms with van der Waals surface area (Å²) >= 11 is 0. The Hall–Kier alpha value is -2.05. The first-order valence-corrected chi connectivity index (χ1v) is 16.8. The summed E-state index contributed by atoms with van der Waals surface area (Å²) in [6, 6.07) is 0.952. The molecule has 0 rings (SSSR count). The maximum atomic E-state index is 11.5. The second-order valence-corrected chi connectivity index (χ2v) is 18.0. The van der Waals surface area contributed by atoms with E-state index in [1.54, 1.807) is 6.92 Å². The number of alkyl carbamates (subject to hydrolysis) is 1. The first kappa shape index (κ1) is 30.0. The van der Waals surface area contributed by atoms with Gasteiger partial charge in [-0.25, -0.2) is 9.59 Å². The van der Waals surface area contributed by atoms with Crippen molar-refractivity contribution in [2.75, 3.05) is 33.0 Å². The first-order chi connectivity index (χ1) is 14.7. The minimum atomic E-state index is -1.97. The van der Waals surface area contributed by atoms with Crippen molar-refractivity contribution in [3.8, 4) is 23.8 Å². The van der Waals surface area contributed by atoms with E-state index in [0.29, 0.717) is 18.8 Å². The van der Waals surface area contributed by atoms with Crippen molar-refractivity contribution in [1.82, 2.24) is 5.32 Å². The van der Waals surface area contributed by atoms with E-state index in [9.17, 15) is 9.59 Å². The van der Waals surface area contributed by atoms with Crippen LogP contribution in [0.2, 0.25) is 32.2 Å². The van der Waals surface area contributed by atoms with Crippen molar-refractivity contribution in [3.05, 3.63) is 12.2 Å². The van der Waals surface area contributed by atoms with Gasteiger partial charge in [0.1, 0.15) is 13.2 Å². The number of terminal acetylenes is 1. The lowest BCUT2D eigenvalue weighted by Crippen LogP contribution is -2.56. The number of hydrogen-bond acceptors (Lipinski definition) is 6. The fourth-order valence-corrected chi connectivity index (χ4v) is 7.59. The third-order valence-corrected chi connectivity index (χ3v) is 11.7. The van der Waals surface area contributed by atoms with Crippen LogP contribution in [0, 0.1) is 23.8 Å². The number of amides is 1. The fourth-order valence-electron chi connectivity index (χ4n) is 2.58. The third-order valence-electron chi connectivity index (χ3n) is 4.97. The highest BCUT2D eigenvalue weighted by atomic mass is 28.4. The van der Waals surface area contributed by atoms with Crippen LogP contribution in [-0.2, 0) is 23.4 Å². The van der Waals surface area contributed by atoms with E-state index in [-0.39, 0.29) is 27.8 Å². The Morgan fingerprint density at radius 2 is 1.75 bits per heavy atom. The average molecular weight is 486 g/mol. The summed E-state index contributed by atoms with van der Waals surface area (Å²) in [6.45, 7) is 19.3. The summed E-state index contributed by atoms with van der Waals surface area (Å²) in [6.07, 6.45) is 5.58. The van der Waals surface area contributed by atoms with Gasteiger partial charge in [-0.2, -0.15) is 0 Å². The van der Waals surface area contributed by atoms with E-state index in [4.69, 9.17) is 25.1 Å². The van der Waals surface area contributed by atoms with Crippen LogP contribution in [0.5, 0.6) is 0 Å². The average Bonchev–Trinajstić information content (AvgIpc) is 2.67. The number of ether oxygens (including phenoxy) is 3. The van der Waals surface area contributed by atoms with Crippen LogP contribution in [0.15, 0.2) is 12.2 Å². The minimum absolute atomic E-state index is 0. The molecule has 0 unspecified atom stereocenters. The van der Waals surface area contributed by atoms with Gasteiger partial charge in [-0.05, 0) is 58.2 Å². The third kappa shape index (κ3) is 12.7. The monoisotopic (exact) mass is 485 g/mol. The molecule has 1 amide bonds. The zero-order chi connectivity index (χ0) is 24.8. The molecule has 9 heteroatoms. The van der Waals surface area contributed by atoms with Crippen molar-refractivity contribution < 1.29 is 31.1 Å². The maximum absolute atomic E-state index is 11.5. The molecule has 0 aliphatic heterocycles. The van der Waals surface area contributed by atoms with Crippen molar-refractivity contribution in [1.29, 1.82) is 0 Å². The summed E-state index contributed by atoms with van der Waals surface area (Å²) in [7, 11) is -3.88. The molecule has 0 bridgehead atoms. The van der Waals surface area contributed by atoms with Crippen molar-refractivity contribution in [2.45, 2.75) is 64.6 Å². The quantitative estimate of drug-likeness (QED) is 0.131. The van der Waals surface area contributed by atoms with Crippen molar-refractivity contribution >= 4 is 28.5 Å². The fraction of sp³-hybridized carbons (Fsp3) is 0.652. The van der Waals surface area contributed by atoms with Gasteiger partial charge >= 0.3 is 12.1 Å². The number of hydrogen-bond donors (Lipinski definition) is 1. The zero-order valence-corrected chi connectivity index (χ0v) is 22.7. The molecule has 0 saturated heterocycles. The molecule has 0 aliphatic rings. The topological polar surface area (TPSA) is 83.1 Å². The van der Waals surface area contributed by atoms with Crippen LogP contribution in [0.25, 0.3) is 0 Å². The molecule has 0 heterocycles. The number of carbonyl (C=O) groups excluding carboxylic acids is 2. The lowest BCUT2D eigenvalue weighted by atomic mass is 10.4. The molecule has 0 aromatic heterocycles. The molecule has 0 aromatic rings. The molecule has 0 fully saturated rings. The Balaban J connectivity index is -0.00000480. The van der Waals surface area contributed by atoms with Gasteiger partial charge in [-0.15, -0.1) is 12.0 Å². The molecule has 0 aromatic carbocycles. The lowest BCUT2D eigenvalue weighted by Gasteiger charge is -2.42. The van der Waals surface area contributed by atoms with E-state index in [1.165, 1.54) is 0 Å². The molecule has 1 N–H and O–H groups in total. The molecule has 0 atom stereocenters. The van der Waals surface area contributed by atoms with Crippen LogP contribution in [-0.4, -0.2) is 66.7 Å².